The van der Waals surface area contributed by atoms with Crippen molar-refractivity contribution in [1.82, 2.24) is 25.1 Å². The summed E-state index contributed by atoms with van der Waals surface area (Å²) in [5, 5.41) is 15.1. The van der Waals surface area contributed by atoms with Crippen LogP contribution in [0.5, 0.6) is 0 Å². The van der Waals surface area contributed by atoms with Gasteiger partial charge in [0.2, 0.25) is 11.0 Å². The minimum Gasteiger partial charge on any atom is -0.324 e. The molecule has 1 aliphatic rings. The summed E-state index contributed by atoms with van der Waals surface area (Å²) in [6.45, 7) is 5.22. The standard InChI is InChI=1S/C22H25N7O2S/c1-14(2)15-5-7-16(8-6-15)20-27-28-21(32-20)26-22(31)29-11-3-4-17(13-29)19(30)25-18-12-23-9-10-24-18/h5-10,12,14,17H,3-4,11,13H2,1-2H3,(H,24,25,30)(H,26,28,31). The molecule has 1 saturated heterocycles. The van der Waals surface area contributed by atoms with Crippen molar-refractivity contribution < 1.29 is 9.59 Å². The molecule has 1 atom stereocenters. The minimum atomic E-state index is -0.305. The molecule has 3 aromatic rings. The van der Waals surface area contributed by atoms with Crippen molar-refractivity contribution in [1.29, 1.82) is 0 Å². The Bertz CT molecular complexity index is 1070. The highest BCUT2D eigenvalue weighted by molar-refractivity contribution is 7.18. The first kappa shape index (κ1) is 21.8. The largest absolute Gasteiger partial charge is 0.324 e. The summed E-state index contributed by atoms with van der Waals surface area (Å²) in [5.41, 5.74) is 2.22. The number of likely N-dealkylation sites (tertiary alicyclic amines) is 1. The number of hydrogen-bond acceptors (Lipinski definition) is 7. The fraction of sp³-hybridized carbons (Fsp3) is 0.364. The van der Waals surface area contributed by atoms with Gasteiger partial charge in [0.1, 0.15) is 5.01 Å². The number of carbonyl (C=O) groups excluding carboxylic acids is 2. The lowest BCUT2D eigenvalue weighted by Gasteiger charge is -2.31. The molecule has 4 rings (SSSR count). The van der Waals surface area contributed by atoms with Crippen LogP contribution in [0.1, 0.15) is 38.2 Å². The van der Waals surface area contributed by atoms with E-state index in [4.69, 9.17) is 0 Å². The summed E-state index contributed by atoms with van der Waals surface area (Å²) in [6, 6.07) is 7.93. The molecule has 1 unspecified atom stereocenters. The normalized spacial score (nSPS) is 16.1. The number of aromatic nitrogens is 4. The molecule has 10 heteroatoms. The average Bonchev–Trinajstić information content (AvgIpc) is 3.28. The molecule has 32 heavy (non-hydrogen) atoms. The second-order valence-corrected chi connectivity index (χ2v) is 8.96. The van der Waals surface area contributed by atoms with E-state index in [0.29, 0.717) is 36.4 Å². The lowest BCUT2D eigenvalue weighted by atomic mass is 9.97. The minimum absolute atomic E-state index is 0.161. The molecule has 0 aliphatic carbocycles. The van der Waals surface area contributed by atoms with E-state index in [-0.39, 0.29) is 17.9 Å². The van der Waals surface area contributed by atoms with Crippen LogP contribution >= 0.6 is 11.3 Å². The SMILES string of the molecule is CC(C)c1ccc(-c2nnc(NC(=O)N3CCCC(C(=O)Nc4cnccn4)C3)s2)cc1. The topological polar surface area (TPSA) is 113 Å². The van der Waals surface area contributed by atoms with Crippen molar-refractivity contribution in [2.45, 2.75) is 32.6 Å². The van der Waals surface area contributed by atoms with E-state index in [1.54, 1.807) is 11.1 Å². The van der Waals surface area contributed by atoms with Crippen LogP contribution in [0.2, 0.25) is 0 Å². The van der Waals surface area contributed by atoms with E-state index < -0.39 is 0 Å². The van der Waals surface area contributed by atoms with Crippen molar-refractivity contribution in [2.75, 3.05) is 23.7 Å². The van der Waals surface area contributed by atoms with Crippen LogP contribution < -0.4 is 10.6 Å². The van der Waals surface area contributed by atoms with Gasteiger partial charge < -0.3 is 10.2 Å². The number of rotatable bonds is 5. The molecule has 166 valence electrons. The number of carbonyl (C=O) groups is 2. The van der Waals surface area contributed by atoms with E-state index in [1.807, 2.05) is 12.1 Å². The zero-order valence-electron chi connectivity index (χ0n) is 18.0. The van der Waals surface area contributed by atoms with Crippen LogP contribution in [0.15, 0.2) is 42.9 Å². The Morgan fingerprint density at radius 1 is 1.12 bits per heavy atom. The van der Waals surface area contributed by atoms with Crippen molar-refractivity contribution in [3.63, 3.8) is 0 Å². The first-order chi connectivity index (χ1) is 15.5. The number of nitrogens with zero attached hydrogens (tertiary/aromatic N) is 5. The van der Waals surface area contributed by atoms with Crippen LogP contribution in [0.25, 0.3) is 10.6 Å². The highest BCUT2D eigenvalue weighted by Crippen LogP contribution is 2.28. The third-order valence-electron chi connectivity index (χ3n) is 5.36. The van der Waals surface area contributed by atoms with Gasteiger partial charge in [0.15, 0.2) is 5.82 Å². The molecule has 9 nitrogen and oxygen atoms in total. The maximum atomic E-state index is 12.8. The highest BCUT2D eigenvalue weighted by Gasteiger charge is 2.29. The Hall–Kier alpha value is -3.40. The van der Waals surface area contributed by atoms with Gasteiger partial charge >= 0.3 is 6.03 Å². The Balaban J connectivity index is 1.35. The van der Waals surface area contributed by atoms with Crippen molar-refractivity contribution in [3.05, 3.63) is 48.4 Å². The Morgan fingerprint density at radius 2 is 1.94 bits per heavy atom. The summed E-state index contributed by atoms with van der Waals surface area (Å²) in [5.74, 6) is 0.401. The Morgan fingerprint density at radius 3 is 2.66 bits per heavy atom. The molecule has 2 N–H and O–H groups in total. The van der Waals surface area contributed by atoms with Gasteiger partial charge in [-0.15, -0.1) is 10.2 Å². The van der Waals surface area contributed by atoms with Crippen LogP contribution in [0.4, 0.5) is 15.7 Å². The second kappa shape index (κ2) is 9.82. The van der Waals surface area contributed by atoms with Crippen LogP contribution in [0.3, 0.4) is 0 Å². The molecule has 2 aromatic heterocycles. The van der Waals surface area contributed by atoms with Gasteiger partial charge in [0.25, 0.3) is 0 Å². The lowest BCUT2D eigenvalue weighted by Crippen LogP contribution is -2.45. The molecule has 1 aliphatic heterocycles. The molecule has 1 aromatic carbocycles. The van der Waals surface area contributed by atoms with E-state index in [0.717, 1.165) is 17.0 Å². The van der Waals surface area contributed by atoms with Crippen molar-refractivity contribution in [2.24, 2.45) is 5.92 Å². The number of nitrogens with one attached hydrogen (secondary N) is 2. The Kier molecular flexibility index (Phi) is 6.69. The van der Waals surface area contributed by atoms with Gasteiger partial charge in [-0.1, -0.05) is 49.4 Å². The maximum absolute atomic E-state index is 12.8. The number of urea groups is 1. The van der Waals surface area contributed by atoms with E-state index in [1.165, 1.54) is 29.3 Å². The fourth-order valence-electron chi connectivity index (χ4n) is 3.54. The molecule has 1 fully saturated rings. The van der Waals surface area contributed by atoms with Gasteiger partial charge in [0.05, 0.1) is 12.1 Å². The quantitative estimate of drug-likeness (QED) is 0.606. The zero-order chi connectivity index (χ0) is 22.5. The number of hydrogen-bond donors (Lipinski definition) is 2. The van der Waals surface area contributed by atoms with Crippen LogP contribution in [-0.2, 0) is 4.79 Å². The fourth-order valence-corrected chi connectivity index (χ4v) is 4.28. The average molecular weight is 452 g/mol. The summed E-state index contributed by atoms with van der Waals surface area (Å²) in [7, 11) is 0. The first-order valence-electron chi connectivity index (χ1n) is 10.6. The predicted molar refractivity (Wildman–Crippen MR) is 123 cm³/mol. The number of anilines is 2. The molecule has 0 radical (unpaired) electrons. The molecule has 3 heterocycles. The summed E-state index contributed by atoms with van der Waals surface area (Å²) >= 11 is 1.33. The molecule has 3 amide bonds. The van der Waals surface area contributed by atoms with E-state index in [9.17, 15) is 9.59 Å². The molecule has 0 saturated carbocycles. The third kappa shape index (κ3) is 5.25. The smallest absolute Gasteiger partial charge is 0.323 e. The molecular formula is C22H25N7O2S. The monoisotopic (exact) mass is 451 g/mol. The Labute approximate surface area is 190 Å². The van der Waals surface area contributed by atoms with Crippen LogP contribution in [0, 0.1) is 5.92 Å². The molecular weight excluding hydrogens is 426 g/mol. The predicted octanol–water partition coefficient (Wildman–Crippen LogP) is 4.00. The van der Waals surface area contributed by atoms with Crippen molar-refractivity contribution in [3.8, 4) is 10.6 Å². The molecule has 0 bridgehead atoms. The number of benzene rings is 1. The highest BCUT2D eigenvalue weighted by atomic mass is 32.1. The van der Waals surface area contributed by atoms with Gasteiger partial charge in [-0.25, -0.2) is 9.78 Å². The summed E-state index contributed by atoms with van der Waals surface area (Å²) in [6.07, 6.45) is 6.02. The van der Waals surface area contributed by atoms with E-state index >= 15 is 0 Å². The number of amides is 3. The van der Waals surface area contributed by atoms with Gasteiger partial charge in [0, 0.05) is 31.0 Å². The summed E-state index contributed by atoms with van der Waals surface area (Å²) in [4.78, 5) is 35.0. The van der Waals surface area contributed by atoms with Crippen LogP contribution in [-0.4, -0.2) is 50.1 Å². The maximum Gasteiger partial charge on any atom is 0.323 e. The second-order valence-electron chi connectivity index (χ2n) is 7.98. The van der Waals surface area contributed by atoms with Gasteiger partial charge in [-0.2, -0.15) is 0 Å². The first-order valence-corrected chi connectivity index (χ1v) is 11.4. The van der Waals surface area contributed by atoms with E-state index in [2.05, 4.69) is 56.8 Å². The van der Waals surface area contributed by atoms with Gasteiger partial charge in [-0.05, 0) is 24.3 Å². The molecule has 0 spiro atoms. The zero-order valence-corrected chi connectivity index (χ0v) is 18.8. The lowest BCUT2D eigenvalue weighted by molar-refractivity contribution is -0.121. The number of piperidine rings is 1. The van der Waals surface area contributed by atoms with Gasteiger partial charge in [-0.3, -0.25) is 15.1 Å². The summed E-state index contributed by atoms with van der Waals surface area (Å²) < 4.78 is 0. The van der Waals surface area contributed by atoms with Crippen molar-refractivity contribution >= 4 is 34.2 Å². The third-order valence-corrected chi connectivity index (χ3v) is 6.24.